The topological polar surface area (TPSA) is 111 Å². The molecule has 2 heterocycles. The second-order valence-electron chi connectivity index (χ2n) is 6.84. The number of fused-ring (bicyclic) bond motifs is 1. The summed E-state index contributed by atoms with van der Waals surface area (Å²) in [6.07, 6.45) is 0.950. The third-order valence-electron chi connectivity index (χ3n) is 5.07. The van der Waals surface area contributed by atoms with Crippen LogP contribution in [0.1, 0.15) is 12.8 Å². The summed E-state index contributed by atoms with van der Waals surface area (Å²) in [6, 6.07) is 6.98. The van der Waals surface area contributed by atoms with Crippen molar-refractivity contribution in [3.8, 4) is 11.5 Å². The number of hydrogen-bond acceptors (Lipinski definition) is 8. The van der Waals surface area contributed by atoms with E-state index in [4.69, 9.17) is 21.1 Å². The zero-order valence-electron chi connectivity index (χ0n) is 16.7. The number of carbonyl (C=O) groups excluding carboxylic acids is 1. The summed E-state index contributed by atoms with van der Waals surface area (Å²) >= 11 is 7.12. The Morgan fingerprint density at radius 3 is 2.74 bits per heavy atom. The van der Waals surface area contributed by atoms with Crippen molar-refractivity contribution in [1.29, 1.82) is 0 Å². The largest absolute Gasteiger partial charge is 0.495 e. The molecule has 0 spiro atoms. The molecule has 1 aliphatic heterocycles. The van der Waals surface area contributed by atoms with Crippen molar-refractivity contribution < 1.29 is 22.7 Å². The van der Waals surface area contributed by atoms with Gasteiger partial charge in [0.1, 0.15) is 33.5 Å². The zero-order valence-corrected chi connectivity index (χ0v) is 19.1. The molecule has 1 atom stereocenters. The number of amides is 1. The molecule has 9 nitrogen and oxygen atoms in total. The number of halogens is 1. The van der Waals surface area contributed by atoms with Gasteiger partial charge in [0.25, 0.3) is 0 Å². The lowest BCUT2D eigenvalue weighted by Crippen LogP contribution is -2.43. The third kappa shape index (κ3) is 3.93. The fourth-order valence-corrected chi connectivity index (χ4v) is 6.23. The molecule has 164 valence electrons. The van der Waals surface area contributed by atoms with Crippen molar-refractivity contribution in [2.24, 2.45) is 0 Å². The average molecular weight is 483 g/mol. The van der Waals surface area contributed by atoms with Crippen LogP contribution in [0.4, 0.5) is 5.69 Å². The van der Waals surface area contributed by atoms with Crippen molar-refractivity contribution >= 4 is 56.0 Å². The highest BCUT2D eigenvalue weighted by molar-refractivity contribution is 7.89. The third-order valence-corrected chi connectivity index (χ3v) is 7.85. The Balaban J connectivity index is 1.64. The minimum absolute atomic E-state index is 0.0449. The molecule has 1 N–H and O–H groups in total. The van der Waals surface area contributed by atoms with Crippen LogP contribution in [-0.4, -0.2) is 54.2 Å². The maximum absolute atomic E-state index is 13.4. The molecule has 2 aromatic carbocycles. The molecular weight excluding hydrogens is 464 g/mol. The lowest BCUT2D eigenvalue weighted by atomic mass is 10.2. The van der Waals surface area contributed by atoms with Gasteiger partial charge in [-0.05, 0) is 31.0 Å². The molecule has 0 unspecified atom stereocenters. The van der Waals surface area contributed by atoms with Gasteiger partial charge >= 0.3 is 0 Å². The van der Waals surface area contributed by atoms with Gasteiger partial charge in [-0.2, -0.15) is 13.1 Å². The lowest BCUT2D eigenvalue weighted by Gasteiger charge is -2.24. The van der Waals surface area contributed by atoms with Crippen LogP contribution in [0.2, 0.25) is 5.02 Å². The van der Waals surface area contributed by atoms with Crippen LogP contribution in [0.5, 0.6) is 11.5 Å². The summed E-state index contributed by atoms with van der Waals surface area (Å²) in [6.45, 7) is 0.231. The number of ether oxygens (including phenoxy) is 2. The van der Waals surface area contributed by atoms with Crippen molar-refractivity contribution in [2.45, 2.75) is 23.8 Å². The number of benzene rings is 2. The first-order valence-corrected chi connectivity index (χ1v) is 11.9. The Hall–Kier alpha value is -2.47. The fourth-order valence-electron chi connectivity index (χ4n) is 3.58. The minimum atomic E-state index is -3.96. The Morgan fingerprint density at radius 2 is 2.00 bits per heavy atom. The molecule has 1 aromatic heterocycles. The quantitative estimate of drug-likeness (QED) is 0.574. The number of aromatic nitrogens is 2. The van der Waals surface area contributed by atoms with Gasteiger partial charge in [-0.3, -0.25) is 4.79 Å². The first-order valence-electron chi connectivity index (χ1n) is 9.32. The van der Waals surface area contributed by atoms with Crippen LogP contribution < -0.4 is 14.8 Å². The molecule has 3 aromatic rings. The summed E-state index contributed by atoms with van der Waals surface area (Å²) in [4.78, 5) is 13.1. The fraction of sp³-hybridized carbons (Fsp3) is 0.316. The van der Waals surface area contributed by atoms with Crippen LogP contribution in [0.25, 0.3) is 11.0 Å². The maximum Gasteiger partial charge on any atom is 0.246 e. The predicted octanol–water partition coefficient (Wildman–Crippen LogP) is 3.15. The lowest BCUT2D eigenvalue weighted by molar-refractivity contribution is -0.119. The number of methoxy groups -OCH3 is 2. The van der Waals surface area contributed by atoms with Gasteiger partial charge in [0.2, 0.25) is 15.9 Å². The standard InChI is InChI=1S/C19H19ClN4O5S2/c1-28-15-10-16(29-2)13(9-11(15)20)21-19(25)14-6-4-8-24(14)31(26,27)17-7-3-5-12-18(17)23-30-22-12/h3,5,7,9-10,14H,4,6,8H2,1-2H3,(H,21,25)/t14-/m0/s1. The monoisotopic (exact) mass is 482 g/mol. The van der Waals surface area contributed by atoms with E-state index in [1.165, 1.54) is 30.7 Å². The van der Waals surface area contributed by atoms with Crippen molar-refractivity contribution in [2.75, 3.05) is 26.1 Å². The van der Waals surface area contributed by atoms with Gasteiger partial charge in [0.15, 0.2) is 0 Å². The van der Waals surface area contributed by atoms with Crippen LogP contribution in [0, 0.1) is 0 Å². The Bertz CT molecular complexity index is 1250. The molecule has 1 fully saturated rings. The SMILES string of the molecule is COc1cc(OC)c(NC(=O)[C@@H]2CCCN2S(=O)(=O)c2cccc3nsnc23)cc1Cl. The van der Waals surface area contributed by atoms with Crippen molar-refractivity contribution in [3.05, 3.63) is 35.4 Å². The van der Waals surface area contributed by atoms with Gasteiger partial charge in [0, 0.05) is 12.6 Å². The van der Waals surface area contributed by atoms with Crippen LogP contribution in [0.3, 0.4) is 0 Å². The van der Waals surface area contributed by atoms with E-state index in [0.29, 0.717) is 41.1 Å². The van der Waals surface area contributed by atoms with Gasteiger partial charge in [0.05, 0.1) is 36.7 Å². The molecule has 31 heavy (non-hydrogen) atoms. The molecule has 4 rings (SSSR count). The molecule has 1 aliphatic rings. The summed E-state index contributed by atoms with van der Waals surface area (Å²) < 4.78 is 46.7. The first-order chi connectivity index (χ1) is 14.9. The number of rotatable bonds is 6. The molecule has 0 bridgehead atoms. The van der Waals surface area contributed by atoms with E-state index >= 15 is 0 Å². The number of anilines is 1. The van der Waals surface area contributed by atoms with E-state index in [0.717, 1.165) is 11.7 Å². The highest BCUT2D eigenvalue weighted by Crippen LogP contribution is 2.37. The highest BCUT2D eigenvalue weighted by atomic mass is 35.5. The van der Waals surface area contributed by atoms with E-state index in [2.05, 4.69) is 14.1 Å². The van der Waals surface area contributed by atoms with Crippen molar-refractivity contribution in [3.63, 3.8) is 0 Å². The van der Waals surface area contributed by atoms with Gasteiger partial charge in [-0.15, -0.1) is 0 Å². The molecule has 1 saturated heterocycles. The van der Waals surface area contributed by atoms with E-state index in [1.54, 1.807) is 18.2 Å². The molecular formula is C19H19ClN4O5S2. The number of sulfonamides is 1. The van der Waals surface area contributed by atoms with E-state index in [-0.39, 0.29) is 16.5 Å². The molecule has 12 heteroatoms. The molecule has 0 saturated carbocycles. The maximum atomic E-state index is 13.4. The van der Waals surface area contributed by atoms with Crippen LogP contribution >= 0.6 is 23.3 Å². The van der Waals surface area contributed by atoms with Crippen LogP contribution in [0.15, 0.2) is 35.2 Å². The Morgan fingerprint density at radius 1 is 1.23 bits per heavy atom. The van der Waals surface area contributed by atoms with Gasteiger partial charge in [-0.25, -0.2) is 8.42 Å². The second kappa shape index (κ2) is 8.58. The normalized spacial score (nSPS) is 17.1. The molecule has 0 aliphatic carbocycles. The van der Waals surface area contributed by atoms with E-state index < -0.39 is 22.0 Å². The molecule has 1 amide bonds. The van der Waals surface area contributed by atoms with Gasteiger partial charge < -0.3 is 14.8 Å². The van der Waals surface area contributed by atoms with E-state index in [1.807, 2.05) is 0 Å². The number of hydrogen-bond donors (Lipinski definition) is 1. The van der Waals surface area contributed by atoms with Gasteiger partial charge in [-0.1, -0.05) is 17.7 Å². The first kappa shape index (κ1) is 21.8. The average Bonchev–Trinajstić information content (AvgIpc) is 3.43. The number of nitrogens with one attached hydrogen (secondary N) is 1. The number of carbonyl (C=O) groups is 1. The smallest absolute Gasteiger partial charge is 0.246 e. The number of nitrogens with zero attached hydrogens (tertiary/aromatic N) is 3. The minimum Gasteiger partial charge on any atom is -0.495 e. The predicted molar refractivity (Wildman–Crippen MR) is 118 cm³/mol. The second-order valence-corrected chi connectivity index (χ2v) is 9.63. The summed E-state index contributed by atoms with van der Waals surface area (Å²) in [5.41, 5.74) is 1.14. The van der Waals surface area contributed by atoms with Crippen LogP contribution in [-0.2, 0) is 14.8 Å². The zero-order chi connectivity index (χ0) is 22.2. The molecule has 0 radical (unpaired) electrons. The Kier molecular flexibility index (Phi) is 6.02. The van der Waals surface area contributed by atoms with E-state index in [9.17, 15) is 13.2 Å². The summed E-state index contributed by atoms with van der Waals surface area (Å²) in [7, 11) is -1.03. The van der Waals surface area contributed by atoms with Crippen molar-refractivity contribution in [1.82, 2.24) is 13.1 Å². The highest BCUT2D eigenvalue weighted by Gasteiger charge is 2.40. The summed E-state index contributed by atoms with van der Waals surface area (Å²) in [5, 5.41) is 3.03. The summed E-state index contributed by atoms with van der Waals surface area (Å²) in [5.74, 6) is 0.274. The Labute approximate surface area is 188 Å².